The van der Waals surface area contributed by atoms with E-state index in [0.717, 1.165) is 11.8 Å². The van der Waals surface area contributed by atoms with Gasteiger partial charge in [0.25, 0.3) is 5.91 Å². The Morgan fingerprint density at radius 1 is 1.31 bits per heavy atom. The molecule has 1 aromatic carbocycles. The molecule has 1 amide bonds. The second-order valence-corrected chi connectivity index (χ2v) is 7.27. The van der Waals surface area contributed by atoms with Crippen molar-refractivity contribution >= 4 is 57.8 Å². The van der Waals surface area contributed by atoms with Gasteiger partial charge in [-0.15, -0.1) is 0 Å². The average Bonchev–Trinajstić information content (AvgIpc) is 3.27. The van der Waals surface area contributed by atoms with Gasteiger partial charge in [0.15, 0.2) is 4.32 Å². The molecule has 1 saturated heterocycles. The van der Waals surface area contributed by atoms with Gasteiger partial charge in [-0.05, 0) is 49.4 Å². The van der Waals surface area contributed by atoms with E-state index in [4.69, 9.17) is 21.4 Å². The Bertz CT molecular complexity index is 1040. The lowest BCUT2D eigenvalue weighted by Crippen LogP contribution is -2.27. The summed E-state index contributed by atoms with van der Waals surface area (Å²) >= 11 is 6.42. The molecule has 1 aromatic heterocycles. The number of thioether (sulfide) groups is 1. The molecule has 29 heavy (non-hydrogen) atoms. The molecule has 0 radical (unpaired) electrons. The van der Waals surface area contributed by atoms with Crippen molar-refractivity contribution in [1.82, 2.24) is 0 Å². The van der Waals surface area contributed by atoms with Gasteiger partial charge in [-0.25, -0.2) is 4.79 Å². The molecule has 0 saturated carbocycles. The van der Waals surface area contributed by atoms with Crippen LogP contribution in [0.5, 0.6) is 0 Å². The number of hydrogen-bond donors (Lipinski definition) is 0. The van der Waals surface area contributed by atoms with Crippen LogP contribution in [0.2, 0.25) is 0 Å². The number of rotatable bonds is 6. The van der Waals surface area contributed by atoms with Crippen LogP contribution in [0.3, 0.4) is 0 Å². The summed E-state index contributed by atoms with van der Waals surface area (Å²) in [6, 6.07) is 9.09. The van der Waals surface area contributed by atoms with Gasteiger partial charge in [-0.2, -0.15) is 0 Å². The second kappa shape index (κ2) is 8.84. The Hall–Kier alpha value is -3.24. The molecular formula is C19H14N2O6S2. The van der Waals surface area contributed by atoms with Crippen molar-refractivity contribution in [3.63, 3.8) is 0 Å². The van der Waals surface area contributed by atoms with Crippen LogP contribution in [0, 0.1) is 10.1 Å². The minimum absolute atomic E-state index is 0.277. The molecule has 8 nitrogen and oxygen atoms in total. The van der Waals surface area contributed by atoms with Crippen LogP contribution < -0.4 is 4.90 Å². The number of amides is 1. The van der Waals surface area contributed by atoms with Crippen LogP contribution in [0.4, 0.5) is 11.6 Å². The molecule has 0 aliphatic carbocycles. The molecule has 0 unspecified atom stereocenters. The molecule has 2 heterocycles. The highest BCUT2D eigenvalue weighted by atomic mass is 32.2. The number of hydrogen-bond acceptors (Lipinski definition) is 8. The van der Waals surface area contributed by atoms with Crippen molar-refractivity contribution in [2.75, 3.05) is 11.5 Å². The fourth-order valence-corrected chi connectivity index (χ4v) is 3.68. The predicted molar refractivity (Wildman–Crippen MR) is 113 cm³/mol. The van der Waals surface area contributed by atoms with Crippen LogP contribution in [0.1, 0.15) is 23.0 Å². The van der Waals surface area contributed by atoms with E-state index in [9.17, 15) is 19.7 Å². The van der Waals surface area contributed by atoms with E-state index in [1.165, 1.54) is 23.1 Å². The van der Waals surface area contributed by atoms with Gasteiger partial charge in [0.05, 0.1) is 28.8 Å². The maximum Gasteiger partial charge on any atom is 0.433 e. The highest BCUT2D eigenvalue weighted by molar-refractivity contribution is 8.27. The summed E-state index contributed by atoms with van der Waals surface area (Å²) in [5, 5.41) is 10.6. The van der Waals surface area contributed by atoms with Crippen molar-refractivity contribution in [2.24, 2.45) is 0 Å². The van der Waals surface area contributed by atoms with E-state index in [0.29, 0.717) is 20.5 Å². The molecule has 2 aromatic rings. The number of thiocarbonyl (C=S) groups is 1. The third-order valence-corrected chi connectivity index (χ3v) is 5.05. The molecule has 1 aliphatic heterocycles. The molecule has 0 bridgehead atoms. The normalized spacial score (nSPS) is 15.5. The number of anilines is 1. The maximum absolute atomic E-state index is 12.7. The lowest BCUT2D eigenvalue weighted by atomic mass is 10.2. The van der Waals surface area contributed by atoms with Gasteiger partial charge in [0.1, 0.15) is 10.7 Å². The first kappa shape index (κ1) is 20.5. The largest absolute Gasteiger partial charge is 0.462 e. The van der Waals surface area contributed by atoms with Gasteiger partial charge in [-0.3, -0.25) is 19.8 Å². The Balaban J connectivity index is 1.73. The fraction of sp³-hybridized carbons (Fsp3) is 0.105. The molecule has 1 fully saturated rings. The van der Waals surface area contributed by atoms with Crippen molar-refractivity contribution in [3.05, 3.63) is 74.9 Å². The van der Waals surface area contributed by atoms with Gasteiger partial charge in [0.2, 0.25) is 0 Å². The molecule has 3 rings (SSSR count). The topological polar surface area (TPSA) is 103 Å². The zero-order chi connectivity index (χ0) is 21.0. The highest BCUT2D eigenvalue weighted by Crippen LogP contribution is 2.35. The zero-order valence-electron chi connectivity index (χ0n) is 15.1. The molecule has 0 N–H and O–H groups in total. The van der Waals surface area contributed by atoms with Crippen molar-refractivity contribution in [2.45, 2.75) is 6.92 Å². The fourth-order valence-electron chi connectivity index (χ4n) is 2.43. The third-order valence-electron chi connectivity index (χ3n) is 3.73. The highest BCUT2D eigenvalue weighted by Gasteiger charge is 2.33. The molecule has 10 heteroatoms. The van der Waals surface area contributed by atoms with Gasteiger partial charge in [0, 0.05) is 0 Å². The standard InChI is InChI=1S/C19H14N2O6S2/c1-2-26-18(23)12-6-8-13(9-7-12)20-17(22)15(29-19(20)28)5-3-4-14-10-11-16(27-14)21(24)25/h3-11H,2H2,1H3/b4-3+,15-5-. The van der Waals surface area contributed by atoms with E-state index >= 15 is 0 Å². The number of ether oxygens (including phenoxy) is 1. The van der Waals surface area contributed by atoms with Crippen LogP contribution in [-0.4, -0.2) is 27.7 Å². The number of allylic oxidation sites excluding steroid dienone is 2. The van der Waals surface area contributed by atoms with Crippen molar-refractivity contribution in [3.8, 4) is 0 Å². The monoisotopic (exact) mass is 430 g/mol. The van der Waals surface area contributed by atoms with Gasteiger partial charge >= 0.3 is 11.9 Å². The Kier molecular flexibility index (Phi) is 6.25. The van der Waals surface area contributed by atoms with Crippen LogP contribution in [0.25, 0.3) is 6.08 Å². The van der Waals surface area contributed by atoms with Crippen LogP contribution in [-0.2, 0) is 9.53 Å². The Morgan fingerprint density at radius 3 is 2.66 bits per heavy atom. The lowest BCUT2D eigenvalue weighted by molar-refractivity contribution is -0.402. The Morgan fingerprint density at radius 2 is 2.03 bits per heavy atom. The van der Waals surface area contributed by atoms with Crippen molar-refractivity contribution in [1.29, 1.82) is 0 Å². The van der Waals surface area contributed by atoms with E-state index in [1.807, 2.05) is 0 Å². The summed E-state index contributed by atoms with van der Waals surface area (Å²) in [6.45, 7) is 2.00. The van der Waals surface area contributed by atoms with Gasteiger partial charge in [-0.1, -0.05) is 30.1 Å². The number of nitro groups is 1. The summed E-state index contributed by atoms with van der Waals surface area (Å²) < 4.78 is 10.3. The number of carbonyl (C=O) groups excluding carboxylic acids is 2. The zero-order valence-corrected chi connectivity index (χ0v) is 16.7. The lowest BCUT2D eigenvalue weighted by Gasteiger charge is -2.14. The second-order valence-electron chi connectivity index (χ2n) is 5.60. The number of benzene rings is 1. The first-order valence-corrected chi connectivity index (χ1v) is 9.59. The molecule has 148 valence electrons. The molecule has 0 spiro atoms. The number of esters is 1. The number of nitrogens with zero attached hydrogens (tertiary/aromatic N) is 2. The summed E-state index contributed by atoms with van der Waals surface area (Å²) in [5.41, 5.74) is 0.918. The third kappa shape index (κ3) is 4.61. The van der Waals surface area contributed by atoms with Crippen LogP contribution in [0.15, 0.2) is 57.9 Å². The smallest absolute Gasteiger partial charge is 0.433 e. The SMILES string of the molecule is CCOC(=O)c1ccc(N2C(=O)/C(=C/C=C/c3ccc([N+](=O)[O-])o3)SC2=S)cc1. The summed E-state index contributed by atoms with van der Waals surface area (Å²) in [7, 11) is 0. The number of carbonyl (C=O) groups is 2. The number of furan rings is 1. The van der Waals surface area contributed by atoms with E-state index < -0.39 is 10.9 Å². The average molecular weight is 430 g/mol. The first-order valence-electron chi connectivity index (χ1n) is 8.36. The van der Waals surface area contributed by atoms with E-state index in [2.05, 4.69) is 0 Å². The molecule has 1 aliphatic rings. The summed E-state index contributed by atoms with van der Waals surface area (Å²) in [4.78, 5) is 36.2. The minimum atomic E-state index is -0.629. The minimum Gasteiger partial charge on any atom is -0.462 e. The summed E-state index contributed by atoms with van der Waals surface area (Å²) in [6.07, 6.45) is 4.62. The maximum atomic E-state index is 12.7. The van der Waals surface area contributed by atoms with Crippen LogP contribution >= 0.6 is 24.0 Å². The van der Waals surface area contributed by atoms with E-state index in [-0.39, 0.29) is 24.2 Å². The first-order chi connectivity index (χ1) is 13.9. The quantitative estimate of drug-likeness (QED) is 0.219. The van der Waals surface area contributed by atoms with E-state index in [1.54, 1.807) is 43.3 Å². The molecule has 0 atom stereocenters. The Labute approximate surface area is 175 Å². The van der Waals surface area contributed by atoms with Crippen molar-refractivity contribution < 1.29 is 23.7 Å². The predicted octanol–water partition coefficient (Wildman–Crippen LogP) is 4.33. The molecular weight excluding hydrogens is 416 g/mol. The van der Waals surface area contributed by atoms with Gasteiger partial charge < -0.3 is 9.15 Å². The summed E-state index contributed by atoms with van der Waals surface area (Å²) in [5.74, 6) is -0.813.